The molecule has 1 N–H and O–H groups in total. The van der Waals surface area contributed by atoms with Gasteiger partial charge in [0.2, 0.25) is 0 Å². The van der Waals surface area contributed by atoms with Crippen molar-refractivity contribution < 1.29 is 4.74 Å². The van der Waals surface area contributed by atoms with Gasteiger partial charge in [-0.2, -0.15) is 0 Å². The maximum absolute atomic E-state index is 5.60. The molecule has 0 saturated carbocycles. The molecule has 120 valence electrons. The van der Waals surface area contributed by atoms with Gasteiger partial charge >= 0.3 is 0 Å². The molecule has 1 aromatic carbocycles. The summed E-state index contributed by atoms with van der Waals surface area (Å²) in [6, 6.07) is 10.7. The summed E-state index contributed by atoms with van der Waals surface area (Å²) in [5.74, 6) is 1.05. The quantitative estimate of drug-likeness (QED) is 0.527. The van der Waals surface area contributed by atoms with Crippen LogP contribution < -0.4 is 5.32 Å². The van der Waals surface area contributed by atoms with E-state index in [4.69, 9.17) is 4.74 Å². The van der Waals surface area contributed by atoms with Gasteiger partial charge in [-0.15, -0.1) is 0 Å². The number of nitrogens with one attached hydrogen (secondary N) is 1. The van der Waals surface area contributed by atoms with Crippen LogP contribution in [0.15, 0.2) is 35.3 Å². The van der Waals surface area contributed by atoms with E-state index in [1.807, 2.05) is 7.05 Å². The largest absolute Gasteiger partial charge is 0.381 e. The number of rotatable bonds is 4. The smallest absolute Gasteiger partial charge is 0.193 e. The highest BCUT2D eigenvalue weighted by Crippen LogP contribution is 2.38. The van der Waals surface area contributed by atoms with Gasteiger partial charge in [0.1, 0.15) is 0 Å². The van der Waals surface area contributed by atoms with Crippen LogP contribution in [0.25, 0.3) is 0 Å². The van der Waals surface area contributed by atoms with Gasteiger partial charge in [0, 0.05) is 38.7 Å². The first-order chi connectivity index (χ1) is 10.8. The molecule has 22 heavy (non-hydrogen) atoms. The molecule has 1 aromatic rings. The third-order valence-corrected chi connectivity index (χ3v) is 4.90. The Bertz CT molecular complexity index is 494. The Morgan fingerprint density at radius 3 is 2.91 bits per heavy atom. The zero-order chi connectivity index (χ0) is 15.3. The maximum atomic E-state index is 5.60. The van der Waals surface area contributed by atoms with E-state index in [0.717, 1.165) is 51.6 Å². The summed E-state index contributed by atoms with van der Waals surface area (Å²) in [4.78, 5) is 6.86. The molecule has 1 spiro atoms. The third-order valence-electron chi connectivity index (χ3n) is 4.90. The summed E-state index contributed by atoms with van der Waals surface area (Å²) < 4.78 is 5.60. The minimum atomic E-state index is 0.391. The second-order valence-corrected chi connectivity index (χ2v) is 6.54. The molecule has 2 fully saturated rings. The molecule has 3 rings (SSSR count). The average molecular weight is 301 g/mol. The molecule has 1 unspecified atom stereocenters. The van der Waals surface area contributed by atoms with Gasteiger partial charge in [0.05, 0.1) is 6.61 Å². The van der Waals surface area contributed by atoms with Crippen LogP contribution in [0.4, 0.5) is 0 Å². The highest BCUT2D eigenvalue weighted by molar-refractivity contribution is 5.80. The van der Waals surface area contributed by atoms with Crippen molar-refractivity contribution in [2.75, 3.05) is 39.9 Å². The number of benzene rings is 1. The monoisotopic (exact) mass is 301 g/mol. The lowest BCUT2D eigenvalue weighted by Crippen LogP contribution is -2.41. The molecule has 2 aliphatic rings. The van der Waals surface area contributed by atoms with Gasteiger partial charge in [-0.25, -0.2) is 0 Å². The summed E-state index contributed by atoms with van der Waals surface area (Å²) >= 11 is 0. The molecule has 2 saturated heterocycles. The molecular formula is C18H27N3O. The van der Waals surface area contributed by atoms with E-state index in [1.165, 1.54) is 18.4 Å². The topological polar surface area (TPSA) is 36.9 Å². The molecule has 1 atom stereocenters. The number of aryl methyl sites for hydroxylation is 1. The van der Waals surface area contributed by atoms with Crippen molar-refractivity contribution in [2.24, 2.45) is 10.4 Å². The van der Waals surface area contributed by atoms with Crippen molar-refractivity contribution in [3.8, 4) is 0 Å². The van der Waals surface area contributed by atoms with E-state index in [2.05, 4.69) is 45.5 Å². The fraction of sp³-hybridized carbons (Fsp3) is 0.611. The van der Waals surface area contributed by atoms with E-state index in [1.54, 1.807) is 0 Å². The Morgan fingerprint density at radius 1 is 1.32 bits per heavy atom. The predicted octanol–water partition coefficient (Wildman–Crippen LogP) is 2.31. The van der Waals surface area contributed by atoms with Crippen LogP contribution in [0.2, 0.25) is 0 Å². The number of hydrogen-bond donors (Lipinski definition) is 1. The average Bonchev–Trinajstić information content (AvgIpc) is 3.19. The Kier molecular flexibility index (Phi) is 4.98. The lowest BCUT2D eigenvalue weighted by Gasteiger charge is -2.24. The number of likely N-dealkylation sites (tertiary alicyclic amines) is 1. The maximum Gasteiger partial charge on any atom is 0.193 e. The molecule has 2 heterocycles. The number of guanidine groups is 1. The molecular weight excluding hydrogens is 274 g/mol. The van der Waals surface area contributed by atoms with Gasteiger partial charge < -0.3 is 15.0 Å². The van der Waals surface area contributed by atoms with Gasteiger partial charge in [-0.3, -0.25) is 4.99 Å². The van der Waals surface area contributed by atoms with Crippen molar-refractivity contribution >= 4 is 5.96 Å². The Hall–Kier alpha value is -1.55. The lowest BCUT2D eigenvalue weighted by atomic mass is 9.87. The van der Waals surface area contributed by atoms with Crippen molar-refractivity contribution in [3.05, 3.63) is 35.9 Å². The van der Waals surface area contributed by atoms with Crippen LogP contribution in [0.5, 0.6) is 0 Å². The lowest BCUT2D eigenvalue weighted by molar-refractivity contribution is 0.156. The first-order valence-electron chi connectivity index (χ1n) is 8.39. The SMILES string of the molecule is CN=C(NCCCc1ccccc1)N1CCC2(CCOC2)C1. The van der Waals surface area contributed by atoms with Gasteiger partial charge in [0.25, 0.3) is 0 Å². The van der Waals surface area contributed by atoms with Crippen molar-refractivity contribution in [1.29, 1.82) is 0 Å². The molecule has 0 aliphatic carbocycles. The van der Waals surface area contributed by atoms with Gasteiger partial charge in [0.15, 0.2) is 5.96 Å². The summed E-state index contributed by atoms with van der Waals surface area (Å²) in [5, 5.41) is 3.52. The molecule has 2 aliphatic heterocycles. The van der Waals surface area contributed by atoms with Gasteiger partial charge in [-0.1, -0.05) is 30.3 Å². The van der Waals surface area contributed by atoms with E-state index in [-0.39, 0.29) is 0 Å². The van der Waals surface area contributed by atoms with Crippen LogP contribution in [0, 0.1) is 5.41 Å². The second-order valence-electron chi connectivity index (χ2n) is 6.54. The number of ether oxygens (including phenoxy) is 1. The minimum Gasteiger partial charge on any atom is -0.381 e. The first-order valence-corrected chi connectivity index (χ1v) is 8.39. The highest BCUT2D eigenvalue weighted by Gasteiger charge is 2.42. The first kappa shape index (κ1) is 15.3. The Morgan fingerprint density at radius 2 is 2.18 bits per heavy atom. The predicted molar refractivity (Wildman–Crippen MR) is 90.2 cm³/mol. The normalized spacial score (nSPS) is 25.1. The minimum absolute atomic E-state index is 0.391. The highest BCUT2D eigenvalue weighted by atomic mass is 16.5. The van der Waals surface area contributed by atoms with E-state index < -0.39 is 0 Å². The Balaban J connectivity index is 1.43. The molecule has 0 aromatic heterocycles. The zero-order valence-electron chi connectivity index (χ0n) is 13.6. The summed E-state index contributed by atoms with van der Waals surface area (Å²) in [5.41, 5.74) is 1.80. The van der Waals surface area contributed by atoms with Crippen LogP contribution in [-0.2, 0) is 11.2 Å². The van der Waals surface area contributed by atoms with Crippen LogP contribution >= 0.6 is 0 Å². The third kappa shape index (κ3) is 3.61. The fourth-order valence-corrected chi connectivity index (χ4v) is 3.56. The fourth-order valence-electron chi connectivity index (χ4n) is 3.56. The summed E-state index contributed by atoms with van der Waals surface area (Å²) in [6.07, 6.45) is 4.68. The van der Waals surface area contributed by atoms with E-state index >= 15 is 0 Å². The molecule has 0 bridgehead atoms. The van der Waals surface area contributed by atoms with Crippen molar-refractivity contribution in [3.63, 3.8) is 0 Å². The van der Waals surface area contributed by atoms with Gasteiger partial charge in [-0.05, 0) is 31.2 Å². The molecule has 4 nitrogen and oxygen atoms in total. The standard InChI is InChI=1S/C18H27N3O/c1-19-17(20-11-5-8-16-6-3-2-4-7-16)21-12-9-18(14-21)10-13-22-15-18/h2-4,6-7H,5,8-15H2,1H3,(H,19,20). The molecule has 0 radical (unpaired) electrons. The van der Waals surface area contributed by atoms with Crippen LogP contribution in [0.1, 0.15) is 24.8 Å². The molecule has 4 heteroatoms. The van der Waals surface area contributed by atoms with Crippen molar-refractivity contribution in [2.45, 2.75) is 25.7 Å². The summed E-state index contributed by atoms with van der Waals surface area (Å²) in [7, 11) is 1.88. The zero-order valence-corrected chi connectivity index (χ0v) is 13.6. The van der Waals surface area contributed by atoms with E-state index in [0.29, 0.717) is 5.41 Å². The number of aliphatic imine (C=N–C) groups is 1. The van der Waals surface area contributed by atoms with E-state index in [9.17, 15) is 0 Å². The Labute approximate surface area is 133 Å². The number of hydrogen-bond acceptors (Lipinski definition) is 2. The molecule has 0 amide bonds. The number of nitrogens with zero attached hydrogens (tertiary/aromatic N) is 2. The van der Waals surface area contributed by atoms with Crippen molar-refractivity contribution in [1.82, 2.24) is 10.2 Å². The van der Waals surface area contributed by atoms with Crippen LogP contribution in [0.3, 0.4) is 0 Å². The summed E-state index contributed by atoms with van der Waals surface area (Å²) in [6.45, 7) is 5.01. The second kappa shape index (κ2) is 7.14. The van der Waals surface area contributed by atoms with Crippen LogP contribution in [-0.4, -0.2) is 50.8 Å².